The van der Waals surface area contributed by atoms with Crippen LogP contribution in [0.15, 0.2) is 18.2 Å². The van der Waals surface area contributed by atoms with Crippen molar-refractivity contribution >= 4 is 0 Å². The van der Waals surface area contributed by atoms with Gasteiger partial charge >= 0.3 is 0 Å². The lowest BCUT2D eigenvalue weighted by Gasteiger charge is -2.25. The Hall–Kier alpha value is -1.26. The molecule has 1 fully saturated rings. The van der Waals surface area contributed by atoms with Crippen LogP contribution in [0.1, 0.15) is 44.2 Å². The van der Waals surface area contributed by atoms with E-state index in [0.717, 1.165) is 30.6 Å². The SMILES string of the molecule is CC(NCCN(C)C1CCCC1)c1ccc2c(c1)OCO2. The smallest absolute Gasteiger partial charge is 0.231 e. The Morgan fingerprint density at radius 1 is 1.24 bits per heavy atom. The average Bonchev–Trinajstić information content (AvgIpc) is 3.17. The third kappa shape index (κ3) is 3.50. The highest BCUT2D eigenvalue weighted by Crippen LogP contribution is 2.34. The van der Waals surface area contributed by atoms with Crippen molar-refractivity contribution in [3.63, 3.8) is 0 Å². The molecule has 2 aliphatic rings. The molecule has 1 atom stereocenters. The molecule has 0 radical (unpaired) electrons. The molecule has 3 rings (SSSR count). The molecule has 4 heteroatoms. The van der Waals surface area contributed by atoms with Crippen molar-refractivity contribution in [1.29, 1.82) is 0 Å². The van der Waals surface area contributed by atoms with E-state index in [9.17, 15) is 0 Å². The lowest BCUT2D eigenvalue weighted by Crippen LogP contribution is -2.36. The Kier molecular flexibility index (Phi) is 4.66. The quantitative estimate of drug-likeness (QED) is 0.873. The van der Waals surface area contributed by atoms with E-state index in [2.05, 4.69) is 36.3 Å². The van der Waals surface area contributed by atoms with Gasteiger partial charge in [-0.3, -0.25) is 0 Å². The number of nitrogens with zero attached hydrogens (tertiary/aromatic N) is 1. The fourth-order valence-corrected chi connectivity index (χ4v) is 3.29. The van der Waals surface area contributed by atoms with Crippen molar-refractivity contribution in [3.05, 3.63) is 23.8 Å². The Bertz CT molecular complexity index is 472. The van der Waals surface area contributed by atoms with Crippen molar-refractivity contribution in [2.45, 2.75) is 44.7 Å². The molecule has 1 N–H and O–H groups in total. The largest absolute Gasteiger partial charge is 0.454 e. The molecule has 0 amide bonds. The van der Waals surface area contributed by atoms with Crippen LogP contribution in [0, 0.1) is 0 Å². The van der Waals surface area contributed by atoms with Gasteiger partial charge in [-0.15, -0.1) is 0 Å². The summed E-state index contributed by atoms with van der Waals surface area (Å²) in [6.07, 6.45) is 5.54. The molecule has 1 aliphatic carbocycles. The van der Waals surface area contributed by atoms with E-state index in [1.165, 1.54) is 31.2 Å². The number of fused-ring (bicyclic) bond motifs is 1. The van der Waals surface area contributed by atoms with E-state index in [1.54, 1.807) is 0 Å². The first kappa shape index (κ1) is 14.7. The zero-order valence-electron chi connectivity index (χ0n) is 13.1. The third-order valence-corrected chi connectivity index (χ3v) is 4.76. The van der Waals surface area contributed by atoms with Gasteiger partial charge in [-0.05, 0) is 44.5 Å². The standard InChI is InChI=1S/C17H26N2O2/c1-13(14-7-8-16-17(11-14)21-12-20-16)18-9-10-19(2)15-5-3-4-6-15/h7-8,11,13,15,18H,3-6,9-10,12H2,1-2H3. The van der Waals surface area contributed by atoms with E-state index in [4.69, 9.17) is 9.47 Å². The number of hydrogen-bond acceptors (Lipinski definition) is 4. The van der Waals surface area contributed by atoms with Gasteiger partial charge in [0.15, 0.2) is 11.5 Å². The van der Waals surface area contributed by atoms with E-state index in [0.29, 0.717) is 12.8 Å². The summed E-state index contributed by atoms with van der Waals surface area (Å²) in [5.41, 5.74) is 1.25. The first-order valence-corrected chi connectivity index (χ1v) is 8.07. The molecule has 0 spiro atoms. The predicted octanol–water partition coefficient (Wildman–Crippen LogP) is 2.94. The van der Waals surface area contributed by atoms with Gasteiger partial charge in [0.25, 0.3) is 0 Å². The van der Waals surface area contributed by atoms with Gasteiger partial charge in [-0.25, -0.2) is 0 Å². The van der Waals surface area contributed by atoms with Crippen LogP contribution in [0.5, 0.6) is 11.5 Å². The molecular weight excluding hydrogens is 264 g/mol. The number of benzene rings is 1. The van der Waals surface area contributed by atoms with Crippen LogP contribution in [-0.2, 0) is 0 Å². The molecule has 116 valence electrons. The van der Waals surface area contributed by atoms with Crippen molar-refractivity contribution < 1.29 is 9.47 Å². The zero-order chi connectivity index (χ0) is 14.7. The number of nitrogens with one attached hydrogen (secondary N) is 1. The summed E-state index contributed by atoms with van der Waals surface area (Å²) in [5.74, 6) is 1.72. The lowest BCUT2D eigenvalue weighted by molar-refractivity contribution is 0.174. The fraction of sp³-hybridized carbons (Fsp3) is 0.647. The maximum absolute atomic E-state index is 5.44. The third-order valence-electron chi connectivity index (χ3n) is 4.76. The average molecular weight is 290 g/mol. The predicted molar refractivity (Wildman–Crippen MR) is 83.9 cm³/mol. The summed E-state index contributed by atoms with van der Waals surface area (Å²) in [7, 11) is 2.25. The first-order valence-electron chi connectivity index (χ1n) is 8.07. The lowest BCUT2D eigenvalue weighted by atomic mass is 10.1. The molecule has 4 nitrogen and oxygen atoms in total. The zero-order valence-corrected chi connectivity index (χ0v) is 13.1. The topological polar surface area (TPSA) is 33.7 Å². The van der Waals surface area contributed by atoms with Crippen LogP contribution in [0.25, 0.3) is 0 Å². The summed E-state index contributed by atoms with van der Waals surface area (Å²) >= 11 is 0. The van der Waals surface area contributed by atoms with Gasteiger partial charge in [-0.2, -0.15) is 0 Å². The molecule has 21 heavy (non-hydrogen) atoms. The van der Waals surface area contributed by atoms with Crippen LogP contribution in [-0.4, -0.2) is 37.9 Å². The van der Waals surface area contributed by atoms with Gasteiger partial charge in [0, 0.05) is 25.2 Å². The monoisotopic (exact) mass is 290 g/mol. The molecule has 0 aromatic heterocycles. The van der Waals surface area contributed by atoms with Gasteiger partial charge in [0.05, 0.1) is 0 Å². The van der Waals surface area contributed by atoms with Crippen LogP contribution in [0.4, 0.5) is 0 Å². The number of likely N-dealkylation sites (N-methyl/N-ethyl adjacent to an activating group) is 1. The first-order chi connectivity index (χ1) is 10.2. The summed E-state index contributed by atoms with van der Waals surface area (Å²) in [4.78, 5) is 2.51. The molecule has 1 aromatic rings. The molecule has 1 heterocycles. The highest BCUT2D eigenvalue weighted by Gasteiger charge is 2.19. The second kappa shape index (κ2) is 6.67. The highest BCUT2D eigenvalue weighted by molar-refractivity contribution is 5.45. The van der Waals surface area contributed by atoms with Crippen LogP contribution in [0.2, 0.25) is 0 Å². The second-order valence-corrected chi connectivity index (χ2v) is 6.21. The van der Waals surface area contributed by atoms with E-state index in [-0.39, 0.29) is 0 Å². The van der Waals surface area contributed by atoms with Crippen molar-refractivity contribution in [2.24, 2.45) is 0 Å². The summed E-state index contributed by atoms with van der Waals surface area (Å²) in [6.45, 7) is 4.67. The number of rotatable bonds is 6. The molecule has 1 aromatic carbocycles. The number of hydrogen-bond donors (Lipinski definition) is 1. The van der Waals surface area contributed by atoms with Gasteiger partial charge in [-0.1, -0.05) is 18.9 Å². The minimum atomic E-state index is 0.330. The molecular formula is C17H26N2O2. The van der Waals surface area contributed by atoms with Crippen molar-refractivity contribution in [2.75, 3.05) is 26.9 Å². The van der Waals surface area contributed by atoms with Crippen LogP contribution < -0.4 is 14.8 Å². The molecule has 1 aliphatic heterocycles. The fourth-order valence-electron chi connectivity index (χ4n) is 3.29. The molecule has 1 saturated carbocycles. The maximum atomic E-state index is 5.44. The normalized spacial score (nSPS) is 19.4. The Balaban J connectivity index is 1.46. The molecule has 1 unspecified atom stereocenters. The van der Waals surface area contributed by atoms with Gasteiger partial charge in [0.2, 0.25) is 6.79 Å². The molecule has 0 bridgehead atoms. The second-order valence-electron chi connectivity index (χ2n) is 6.21. The molecule has 0 saturated heterocycles. The van der Waals surface area contributed by atoms with Crippen molar-refractivity contribution in [1.82, 2.24) is 10.2 Å². The van der Waals surface area contributed by atoms with Crippen molar-refractivity contribution in [3.8, 4) is 11.5 Å². The Labute approximate surface area is 127 Å². The Morgan fingerprint density at radius 3 is 2.81 bits per heavy atom. The van der Waals surface area contributed by atoms with Gasteiger partial charge in [0.1, 0.15) is 0 Å². The van der Waals surface area contributed by atoms with Gasteiger partial charge < -0.3 is 19.7 Å². The van der Waals surface area contributed by atoms with E-state index >= 15 is 0 Å². The van der Waals surface area contributed by atoms with E-state index < -0.39 is 0 Å². The summed E-state index contributed by atoms with van der Waals surface area (Å²) in [6, 6.07) is 7.33. The highest BCUT2D eigenvalue weighted by atomic mass is 16.7. The summed E-state index contributed by atoms with van der Waals surface area (Å²) < 4.78 is 10.8. The van der Waals surface area contributed by atoms with Crippen LogP contribution >= 0.6 is 0 Å². The Morgan fingerprint density at radius 2 is 2.00 bits per heavy atom. The van der Waals surface area contributed by atoms with Crippen LogP contribution in [0.3, 0.4) is 0 Å². The minimum absolute atomic E-state index is 0.330. The van der Waals surface area contributed by atoms with E-state index in [1.807, 2.05) is 6.07 Å². The maximum Gasteiger partial charge on any atom is 0.231 e. The summed E-state index contributed by atoms with van der Waals surface area (Å²) in [5, 5.41) is 3.61. The minimum Gasteiger partial charge on any atom is -0.454 e. The number of ether oxygens (including phenoxy) is 2.